The lowest BCUT2D eigenvalue weighted by Crippen LogP contribution is -2.37. The van der Waals surface area contributed by atoms with E-state index in [1.807, 2.05) is 21.1 Å². The molecule has 0 radical (unpaired) electrons. The van der Waals surface area contributed by atoms with Crippen LogP contribution in [0.4, 0.5) is 0 Å². The third-order valence-electron chi connectivity index (χ3n) is 10.4. The molecule has 0 aliphatic carbocycles. The number of hydrogen-bond donors (Lipinski definition) is 1. The normalized spacial score (nSPS) is 14.2. The van der Waals surface area contributed by atoms with E-state index < -0.39 is 26.5 Å². The Morgan fingerprint density at radius 2 is 0.877 bits per heavy atom. The van der Waals surface area contributed by atoms with Gasteiger partial charge in [-0.1, -0.05) is 195 Å². The molecule has 0 amide bonds. The number of phosphoric ester groups is 1. The number of likely N-dealkylation sites (N-methyl/N-ethyl adjacent to an activating group) is 1. The van der Waals surface area contributed by atoms with Gasteiger partial charge >= 0.3 is 19.8 Å². The Labute approximate surface area is 398 Å². The molecule has 0 rings (SSSR count). The maximum atomic E-state index is 12.7. The van der Waals surface area contributed by atoms with Crippen LogP contribution in [0.1, 0.15) is 187 Å². The maximum absolute atomic E-state index is 12.7. The van der Waals surface area contributed by atoms with Crippen LogP contribution in [0.15, 0.2) is 97.2 Å². The van der Waals surface area contributed by atoms with Gasteiger partial charge in [-0.2, -0.15) is 0 Å². The van der Waals surface area contributed by atoms with E-state index in [-0.39, 0.29) is 32.0 Å². The molecule has 1 N–H and O–H groups in total. The van der Waals surface area contributed by atoms with Gasteiger partial charge in [-0.15, -0.1) is 0 Å². The molecule has 2 atom stereocenters. The average Bonchev–Trinajstić information content (AvgIpc) is 3.26. The number of carbonyl (C=O) groups excluding carboxylic acids is 2. The van der Waals surface area contributed by atoms with Crippen LogP contribution in [-0.4, -0.2) is 74.9 Å². The van der Waals surface area contributed by atoms with E-state index in [9.17, 15) is 19.0 Å². The van der Waals surface area contributed by atoms with E-state index in [0.717, 1.165) is 96.3 Å². The molecule has 65 heavy (non-hydrogen) atoms. The smallest absolute Gasteiger partial charge is 0.462 e. The third-order valence-corrected chi connectivity index (χ3v) is 11.4. The summed E-state index contributed by atoms with van der Waals surface area (Å²) in [6, 6.07) is 0. The molecule has 0 saturated heterocycles. The number of esters is 2. The number of carbonyl (C=O) groups is 2. The topological polar surface area (TPSA) is 108 Å². The van der Waals surface area contributed by atoms with Crippen molar-refractivity contribution in [3.63, 3.8) is 0 Å². The summed E-state index contributed by atoms with van der Waals surface area (Å²) in [5, 5.41) is 0. The average molecular weight is 929 g/mol. The van der Waals surface area contributed by atoms with E-state index >= 15 is 0 Å². The Bertz CT molecular complexity index is 1420. The lowest BCUT2D eigenvalue weighted by atomic mass is 10.0. The van der Waals surface area contributed by atoms with Crippen LogP contribution in [-0.2, 0) is 32.7 Å². The lowest BCUT2D eigenvalue weighted by Gasteiger charge is -2.24. The second-order valence-electron chi connectivity index (χ2n) is 17.8. The predicted octanol–water partition coefficient (Wildman–Crippen LogP) is 15.3. The minimum absolute atomic E-state index is 0.0222. The zero-order chi connectivity index (χ0) is 47.8. The molecule has 9 nitrogen and oxygen atoms in total. The highest BCUT2D eigenvalue weighted by Crippen LogP contribution is 2.43. The Morgan fingerprint density at radius 1 is 0.492 bits per heavy atom. The minimum atomic E-state index is -4.39. The highest BCUT2D eigenvalue weighted by Gasteiger charge is 2.27. The summed E-state index contributed by atoms with van der Waals surface area (Å²) in [6.07, 6.45) is 61.8. The number of unbranched alkanes of at least 4 members (excludes halogenated alkanes) is 15. The van der Waals surface area contributed by atoms with Gasteiger partial charge in [-0.3, -0.25) is 18.6 Å². The third kappa shape index (κ3) is 50.2. The van der Waals surface area contributed by atoms with Crippen LogP contribution in [0.5, 0.6) is 0 Å². The van der Waals surface area contributed by atoms with Crippen LogP contribution in [0.3, 0.4) is 0 Å². The molecular weight excluding hydrogens is 834 g/mol. The molecule has 0 aromatic heterocycles. The van der Waals surface area contributed by atoms with E-state index in [1.165, 1.54) is 57.8 Å². The molecular formula is C55H95NO8P+. The molecule has 0 aliphatic rings. The second-order valence-corrected chi connectivity index (χ2v) is 19.3. The molecule has 0 aromatic carbocycles. The molecule has 0 aromatic rings. The van der Waals surface area contributed by atoms with Gasteiger partial charge in [0, 0.05) is 12.8 Å². The lowest BCUT2D eigenvalue weighted by molar-refractivity contribution is -0.870. The highest BCUT2D eigenvalue weighted by molar-refractivity contribution is 7.47. The van der Waals surface area contributed by atoms with Gasteiger partial charge in [-0.05, 0) is 77.0 Å². The van der Waals surface area contributed by atoms with E-state index in [1.54, 1.807) is 0 Å². The van der Waals surface area contributed by atoms with Crippen LogP contribution in [0.25, 0.3) is 0 Å². The number of allylic oxidation sites excluding steroid dienone is 16. The number of ether oxygens (including phenoxy) is 2. The second kappa shape index (κ2) is 46.1. The number of hydrogen-bond acceptors (Lipinski definition) is 7. The van der Waals surface area contributed by atoms with Crippen molar-refractivity contribution in [3.8, 4) is 0 Å². The summed E-state index contributed by atoms with van der Waals surface area (Å²) < 4.78 is 34.4. The molecule has 10 heteroatoms. The number of quaternary nitrogens is 1. The van der Waals surface area contributed by atoms with Crippen molar-refractivity contribution in [1.29, 1.82) is 0 Å². The van der Waals surface area contributed by atoms with Crippen molar-refractivity contribution in [2.24, 2.45) is 0 Å². The summed E-state index contributed by atoms with van der Waals surface area (Å²) in [6.45, 7) is 4.26. The van der Waals surface area contributed by atoms with Crippen molar-refractivity contribution in [2.75, 3.05) is 47.5 Å². The van der Waals surface area contributed by atoms with E-state index in [0.29, 0.717) is 17.4 Å². The first-order valence-electron chi connectivity index (χ1n) is 25.5. The van der Waals surface area contributed by atoms with Crippen molar-refractivity contribution in [3.05, 3.63) is 97.2 Å². The van der Waals surface area contributed by atoms with Gasteiger partial charge in [0.15, 0.2) is 6.10 Å². The zero-order valence-corrected chi connectivity index (χ0v) is 42.8. The molecule has 0 heterocycles. The standard InChI is InChI=1S/C55H94NO8P/c1-6-8-10-12-14-16-18-20-21-22-23-24-25-26-27-28-29-30-31-32-33-34-35-36-38-40-42-44-46-48-55(58)64-53(52-63-65(59,60)62-50-49-56(3,4)5)51-61-54(57)47-45-43-41-39-37-19-17-15-13-11-9-7-2/h8,10,14,16,20-21,23-24,26-27,29-30,32-33,35-36,53H,6-7,9,11-13,15,17-19,22,25,28,31,34,37-52H2,1-5H3/p+1/b10-8-,16-14-,21-20-,24-23-,27-26-,30-29-,33-32-,36-35-. The fourth-order valence-electron chi connectivity index (χ4n) is 6.44. The van der Waals surface area contributed by atoms with Crippen LogP contribution < -0.4 is 0 Å². The summed E-state index contributed by atoms with van der Waals surface area (Å²) in [5.41, 5.74) is 0. The van der Waals surface area contributed by atoms with Gasteiger partial charge < -0.3 is 18.9 Å². The SMILES string of the molecule is CC/C=C\C/C=C\C/C=C\C/C=C\C/C=C\C/C=C\C/C=C\C/C=C\CCCCCCC(=O)OC(COC(=O)CCCCCCCCCCCCCC)COP(=O)(O)OCC[N+](C)(C)C. The zero-order valence-electron chi connectivity index (χ0n) is 41.9. The first-order chi connectivity index (χ1) is 31.5. The monoisotopic (exact) mass is 929 g/mol. The molecule has 0 spiro atoms. The highest BCUT2D eigenvalue weighted by atomic mass is 31.2. The quantitative estimate of drug-likeness (QED) is 0.0211. The van der Waals surface area contributed by atoms with Gasteiger partial charge in [0.2, 0.25) is 0 Å². The first-order valence-corrected chi connectivity index (χ1v) is 27.0. The number of rotatable bonds is 45. The van der Waals surface area contributed by atoms with Crippen molar-refractivity contribution in [1.82, 2.24) is 0 Å². The molecule has 0 bridgehead atoms. The molecule has 0 aliphatic heterocycles. The minimum Gasteiger partial charge on any atom is -0.462 e. The van der Waals surface area contributed by atoms with Crippen molar-refractivity contribution >= 4 is 19.8 Å². The fraction of sp³-hybridized carbons (Fsp3) is 0.673. The summed E-state index contributed by atoms with van der Waals surface area (Å²) in [5.74, 6) is -0.833. The largest absolute Gasteiger partial charge is 0.472 e. The Kier molecular flexibility index (Phi) is 43.9. The van der Waals surface area contributed by atoms with Gasteiger partial charge in [0.05, 0.1) is 27.7 Å². The fourth-order valence-corrected chi connectivity index (χ4v) is 7.18. The van der Waals surface area contributed by atoms with Gasteiger partial charge in [-0.25, -0.2) is 4.57 Å². The van der Waals surface area contributed by atoms with E-state index in [2.05, 4.69) is 111 Å². The van der Waals surface area contributed by atoms with Crippen molar-refractivity contribution in [2.45, 2.75) is 193 Å². The Hall–Kier alpha value is -3.07. The maximum Gasteiger partial charge on any atom is 0.472 e. The Morgan fingerprint density at radius 3 is 1.31 bits per heavy atom. The predicted molar refractivity (Wildman–Crippen MR) is 275 cm³/mol. The number of phosphoric acid groups is 1. The van der Waals surface area contributed by atoms with Crippen molar-refractivity contribution < 1.29 is 42.1 Å². The van der Waals surface area contributed by atoms with Crippen LogP contribution in [0.2, 0.25) is 0 Å². The number of nitrogens with zero attached hydrogens (tertiary/aromatic N) is 1. The summed E-state index contributed by atoms with van der Waals surface area (Å²) in [7, 11) is 1.45. The van der Waals surface area contributed by atoms with Gasteiger partial charge in [0.1, 0.15) is 19.8 Å². The molecule has 0 fully saturated rings. The first kappa shape index (κ1) is 61.9. The molecule has 372 valence electrons. The summed E-state index contributed by atoms with van der Waals surface area (Å²) in [4.78, 5) is 35.5. The molecule has 0 saturated carbocycles. The van der Waals surface area contributed by atoms with Crippen LogP contribution >= 0.6 is 7.82 Å². The van der Waals surface area contributed by atoms with E-state index in [4.69, 9.17) is 18.5 Å². The Balaban J connectivity index is 4.29. The molecule has 2 unspecified atom stereocenters. The summed E-state index contributed by atoms with van der Waals surface area (Å²) >= 11 is 0. The van der Waals surface area contributed by atoms with Gasteiger partial charge in [0.25, 0.3) is 0 Å². The van der Waals surface area contributed by atoms with Crippen LogP contribution in [0, 0.1) is 0 Å².